The number of benzene rings is 1. The summed E-state index contributed by atoms with van der Waals surface area (Å²) in [7, 11) is 0. The second kappa shape index (κ2) is 9.36. The van der Waals surface area contributed by atoms with E-state index in [1.54, 1.807) is 53.7 Å². The van der Waals surface area contributed by atoms with E-state index in [1.165, 1.54) is 0 Å². The van der Waals surface area contributed by atoms with Crippen molar-refractivity contribution in [2.45, 2.75) is 61.8 Å². The normalized spacial score (nSPS) is 12.2. The van der Waals surface area contributed by atoms with Crippen LogP contribution >= 0.6 is 0 Å². The number of carbonyl (C=O) groups is 2. The van der Waals surface area contributed by atoms with E-state index < -0.39 is 10.8 Å². The van der Waals surface area contributed by atoms with Gasteiger partial charge in [0.25, 0.3) is 0 Å². The number of hydrogen-bond donors (Lipinski definition) is 0. The minimum Gasteiger partial charge on any atom is -0.422 e. The molecule has 0 N–H and O–H groups in total. The molecule has 1 aromatic carbocycles. The first kappa shape index (κ1) is 23.2. The van der Waals surface area contributed by atoms with Crippen molar-refractivity contribution in [2.75, 3.05) is 19.6 Å². The van der Waals surface area contributed by atoms with Crippen LogP contribution in [0, 0.1) is 10.8 Å². The SMILES string of the molecule is CCN(CC)CCc1ccc(OC(=O)C(C)(C)C)c(OC(=O)C(C)(C)C)c1. The van der Waals surface area contributed by atoms with Gasteiger partial charge in [0.2, 0.25) is 0 Å². The molecule has 0 fully saturated rings. The summed E-state index contributed by atoms with van der Waals surface area (Å²) in [4.78, 5) is 27.0. The largest absolute Gasteiger partial charge is 0.422 e. The summed E-state index contributed by atoms with van der Waals surface area (Å²) in [6, 6.07) is 5.44. The summed E-state index contributed by atoms with van der Waals surface area (Å²) in [5.74, 6) is -0.161. The molecule has 0 saturated carbocycles. The first-order valence-corrected chi connectivity index (χ1v) is 9.68. The van der Waals surface area contributed by atoms with E-state index in [4.69, 9.17) is 9.47 Å². The van der Waals surface area contributed by atoms with E-state index in [1.807, 2.05) is 6.07 Å². The van der Waals surface area contributed by atoms with Gasteiger partial charge in [-0.2, -0.15) is 0 Å². The zero-order valence-corrected chi connectivity index (χ0v) is 18.1. The van der Waals surface area contributed by atoms with Crippen LogP contribution in [0.4, 0.5) is 0 Å². The molecule has 5 heteroatoms. The lowest BCUT2D eigenvalue weighted by Crippen LogP contribution is -2.28. The molecule has 0 aliphatic heterocycles. The van der Waals surface area contributed by atoms with Crippen molar-refractivity contribution in [3.8, 4) is 11.5 Å². The molecule has 0 spiro atoms. The standard InChI is InChI=1S/C22H35NO4/c1-9-23(10-2)14-13-16-11-12-17(26-19(24)21(3,4)5)18(15-16)27-20(25)22(6,7)8/h11-12,15H,9-10,13-14H2,1-8H3. The maximum Gasteiger partial charge on any atom is 0.316 e. The highest BCUT2D eigenvalue weighted by Crippen LogP contribution is 2.32. The van der Waals surface area contributed by atoms with Crippen LogP contribution in [-0.2, 0) is 16.0 Å². The van der Waals surface area contributed by atoms with Gasteiger partial charge in [-0.15, -0.1) is 0 Å². The molecule has 0 aliphatic rings. The molecule has 27 heavy (non-hydrogen) atoms. The lowest BCUT2D eigenvalue weighted by molar-refractivity contribution is -0.145. The summed E-state index contributed by atoms with van der Waals surface area (Å²) in [5.41, 5.74) is -0.260. The van der Waals surface area contributed by atoms with Gasteiger partial charge in [-0.25, -0.2) is 0 Å². The summed E-state index contributed by atoms with van der Waals surface area (Å²) in [6.07, 6.45) is 0.829. The van der Waals surface area contributed by atoms with Crippen LogP contribution in [-0.4, -0.2) is 36.5 Å². The minimum absolute atomic E-state index is 0.277. The van der Waals surface area contributed by atoms with Crippen LogP contribution < -0.4 is 9.47 Å². The molecule has 0 amide bonds. The molecular weight excluding hydrogens is 342 g/mol. The predicted molar refractivity (Wildman–Crippen MR) is 108 cm³/mol. The van der Waals surface area contributed by atoms with E-state index in [0.717, 1.165) is 31.6 Å². The fraction of sp³-hybridized carbons (Fsp3) is 0.636. The quantitative estimate of drug-likeness (QED) is 0.518. The van der Waals surface area contributed by atoms with Gasteiger partial charge in [-0.3, -0.25) is 9.59 Å². The van der Waals surface area contributed by atoms with Crippen molar-refractivity contribution in [1.29, 1.82) is 0 Å². The monoisotopic (exact) mass is 377 g/mol. The van der Waals surface area contributed by atoms with Gasteiger partial charge < -0.3 is 14.4 Å². The Kier molecular flexibility index (Phi) is 8.03. The van der Waals surface area contributed by atoms with Gasteiger partial charge in [0, 0.05) is 6.54 Å². The van der Waals surface area contributed by atoms with Gasteiger partial charge in [0.05, 0.1) is 10.8 Å². The Balaban J connectivity index is 3.10. The third-order valence-electron chi connectivity index (χ3n) is 4.25. The topological polar surface area (TPSA) is 55.8 Å². The van der Waals surface area contributed by atoms with Crippen LogP contribution in [0.5, 0.6) is 11.5 Å². The molecule has 0 aromatic heterocycles. The Labute approximate surface area is 164 Å². The van der Waals surface area contributed by atoms with Crippen molar-refractivity contribution >= 4 is 11.9 Å². The number of hydrogen-bond acceptors (Lipinski definition) is 5. The zero-order valence-electron chi connectivity index (χ0n) is 18.1. The lowest BCUT2D eigenvalue weighted by atomic mass is 9.97. The molecule has 0 atom stereocenters. The first-order chi connectivity index (χ1) is 12.4. The average molecular weight is 378 g/mol. The van der Waals surface area contributed by atoms with Crippen molar-refractivity contribution in [3.63, 3.8) is 0 Å². The molecule has 5 nitrogen and oxygen atoms in total. The fourth-order valence-electron chi connectivity index (χ4n) is 2.21. The van der Waals surface area contributed by atoms with Gasteiger partial charge in [-0.05, 0) is 78.7 Å². The molecule has 1 rings (SSSR count). The van der Waals surface area contributed by atoms with Crippen molar-refractivity contribution in [2.24, 2.45) is 10.8 Å². The zero-order chi connectivity index (χ0) is 20.8. The molecule has 1 aromatic rings. The Hall–Kier alpha value is -1.88. The number of nitrogens with zero attached hydrogens (tertiary/aromatic N) is 1. The molecule has 0 bridgehead atoms. The Morgan fingerprint density at radius 2 is 1.33 bits per heavy atom. The molecule has 0 saturated heterocycles. The van der Waals surface area contributed by atoms with Gasteiger partial charge in [0.15, 0.2) is 11.5 Å². The summed E-state index contributed by atoms with van der Waals surface area (Å²) in [6.45, 7) is 17.9. The highest BCUT2D eigenvalue weighted by molar-refractivity contribution is 5.81. The number of carbonyl (C=O) groups excluding carboxylic acids is 2. The first-order valence-electron chi connectivity index (χ1n) is 9.68. The lowest BCUT2D eigenvalue weighted by Gasteiger charge is -2.21. The van der Waals surface area contributed by atoms with Gasteiger partial charge >= 0.3 is 11.9 Å². The van der Waals surface area contributed by atoms with Crippen LogP contribution in [0.2, 0.25) is 0 Å². The van der Waals surface area contributed by atoms with Gasteiger partial charge in [0.1, 0.15) is 0 Å². The van der Waals surface area contributed by atoms with E-state index in [2.05, 4.69) is 18.7 Å². The highest BCUT2D eigenvalue weighted by atomic mass is 16.6. The third-order valence-corrected chi connectivity index (χ3v) is 4.25. The number of ether oxygens (including phenoxy) is 2. The Morgan fingerprint density at radius 1 is 0.852 bits per heavy atom. The molecule has 0 heterocycles. The maximum atomic E-state index is 12.4. The summed E-state index contributed by atoms with van der Waals surface area (Å²) >= 11 is 0. The minimum atomic E-state index is -0.650. The summed E-state index contributed by atoms with van der Waals surface area (Å²) < 4.78 is 11.1. The maximum absolute atomic E-state index is 12.4. The van der Waals surface area contributed by atoms with Crippen molar-refractivity contribution < 1.29 is 19.1 Å². The fourth-order valence-corrected chi connectivity index (χ4v) is 2.21. The molecule has 152 valence electrons. The molecule has 0 radical (unpaired) electrons. The number of esters is 2. The molecular formula is C22H35NO4. The van der Waals surface area contributed by atoms with E-state index in [9.17, 15) is 9.59 Å². The second-order valence-corrected chi connectivity index (χ2v) is 8.84. The van der Waals surface area contributed by atoms with E-state index in [-0.39, 0.29) is 17.7 Å². The second-order valence-electron chi connectivity index (χ2n) is 8.84. The van der Waals surface area contributed by atoms with E-state index >= 15 is 0 Å². The van der Waals surface area contributed by atoms with Crippen LogP contribution in [0.25, 0.3) is 0 Å². The summed E-state index contributed by atoms with van der Waals surface area (Å²) in [5, 5.41) is 0. The van der Waals surface area contributed by atoms with Gasteiger partial charge in [-0.1, -0.05) is 19.9 Å². The number of rotatable bonds is 7. The van der Waals surface area contributed by atoms with Crippen LogP contribution in [0.15, 0.2) is 18.2 Å². The predicted octanol–water partition coefficient (Wildman–Crippen LogP) is 4.47. The third kappa shape index (κ3) is 7.33. The highest BCUT2D eigenvalue weighted by Gasteiger charge is 2.28. The van der Waals surface area contributed by atoms with Crippen molar-refractivity contribution in [3.05, 3.63) is 23.8 Å². The van der Waals surface area contributed by atoms with E-state index in [0.29, 0.717) is 5.75 Å². The van der Waals surface area contributed by atoms with Crippen LogP contribution in [0.1, 0.15) is 61.0 Å². The Bertz CT molecular complexity index is 649. The number of likely N-dealkylation sites (N-methyl/N-ethyl adjacent to an activating group) is 1. The molecule has 0 aliphatic carbocycles. The smallest absolute Gasteiger partial charge is 0.316 e. The average Bonchev–Trinajstić information content (AvgIpc) is 2.56. The van der Waals surface area contributed by atoms with Crippen molar-refractivity contribution in [1.82, 2.24) is 4.90 Å². The van der Waals surface area contributed by atoms with Crippen LogP contribution in [0.3, 0.4) is 0 Å². The molecule has 0 unspecified atom stereocenters. The Morgan fingerprint density at radius 3 is 1.78 bits per heavy atom.